The maximum Gasteiger partial charge on any atom is 0.339 e. The lowest BCUT2D eigenvalue weighted by atomic mass is 10.0. The van der Waals surface area contributed by atoms with Gasteiger partial charge in [0.15, 0.2) is 0 Å². The number of hydrogen-bond donors (Lipinski definition) is 2. The molecule has 3 rings (SSSR count). The summed E-state index contributed by atoms with van der Waals surface area (Å²) in [7, 11) is 0. The molecule has 3 aromatic carbocycles. The van der Waals surface area contributed by atoms with E-state index in [1.807, 2.05) is 54.6 Å². The van der Waals surface area contributed by atoms with Gasteiger partial charge in [0.25, 0.3) is 0 Å². The van der Waals surface area contributed by atoms with Crippen molar-refractivity contribution in [2.75, 3.05) is 13.2 Å². The second-order valence-electron chi connectivity index (χ2n) is 5.99. The SMILES string of the molecule is O=C(O)c1cc(Cc2ccc(OCCOc3ccccc3)cc2)ccc1O. The van der Waals surface area contributed by atoms with Gasteiger partial charge in [0.05, 0.1) is 0 Å². The van der Waals surface area contributed by atoms with E-state index in [0.717, 1.165) is 22.6 Å². The third kappa shape index (κ3) is 5.25. The topological polar surface area (TPSA) is 76.0 Å². The zero-order valence-electron chi connectivity index (χ0n) is 14.7. The van der Waals surface area contributed by atoms with Gasteiger partial charge in [-0.2, -0.15) is 0 Å². The molecule has 0 radical (unpaired) electrons. The molecule has 0 spiro atoms. The van der Waals surface area contributed by atoms with Crippen LogP contribution in [0.3, 0.4) is 0 Å². The molecule has 0 fully saturated rings. The monoisotopic (exact) mass is 364 g/mol. The molecular weight excluding hydrogens is 344 g/mol. The smallest absolute Gasteiger partial charge is 0.339 e. The van der Waals surface area contributed by atoms with Crippen LogP contribution in [0.5, 0.6) is 17.2 Å². The maximum atomic E-state index is 11.1. The lowest BCUT2D eigenvalue weighted by molar-refractivity contribution is 0.0693. The molecule has 0 amide bonds. The van der Waals surface area contributed by atoms with E-state index >= 15 is 0 Å². The first-order valence-electron chi connectivity index (χ1n) is 8.56. The molecule has 0 heterocycles. The van der Waals surface area contributed by atoms with Gasteiger partial charge in [-0.25, -0.2) is 4.79 Å². The summed E-state index contributed by atoms with van der Waals surface area (Å²) in [5.74, 6) is 0.182. The molecule has 0 bridgehead atoms. The Morgan fingerprint density at radius 3 is 2.00 bits per heavy atom. The minimum absolute atomic E-state index is 0.0918. The Kier molecular flexibility index (Phi) is 5.94. The summed E-state index contributed by atoms with van der Waals surface area (Å²) in [5.41, 5.74) is 1.74. The third-order valence-corrected chi connectivity index (χ3v) is 3.99. The zero-order valence-corrected chi connectivity index (χ0v) is 14.7. The molecule has 5 heteroatoms. The summed E-state index contributed by atoms with van der Waals surface area (Å²) in [6, 6.07) is 21.8. The van der Waals surface area contributed by atoms with Gasteiger partial charge in [0.2, 0.25) is 0 Å². The van der Waals surface area contributed by atoms with Crippen molar-refractivity contribution in [3.8, 4) is 17.2 Å². The highest BCUT2D eigenvalue weighted by Crippen LogP contribution is 2.21. The van der Waals surface area contributed by atoms with Crippen molar-refractivity contribution in [3.05, 3.63) is 89.5 Å². The minimum atomic E-state index is -1.14. The Morgan fingerprint density at radius 2 is 1.37 bits per heavy atom. The molecule has 27 heavy (non-hydrogen) atoms. The van der Waals surface area contributed by atoms with Crippen LogP contribution < -0.4 is 9.47 Å². The van der Waals surface area contributed by atoms with E-state index < -0.39 is 5.97 Å². The van der Waals surface area contributed by atoms with E-state index in [2.05, 4.69) is 0 Å². The average molecular weight is 364 g/mol. The Morgan fingerprint density at radius 1 is 0.778 bits per heavy atom. The fraction of sp³-hybridized carbons (Fsp3) is 0.136. The Bertz CT molecular complexity index is 888. The highest BCUT2D eigenvalue weighted by atomic mass is 16.5. The number of rotatable bonds is 8. The molecule has 0 saturated heterocycles. The van der Waals surface area contributed by atoms with Crippen molar-refractivity contribution in [1.29, 1.82) is 0 Å². The highest BCUT2D eigenvalue weighted by molar-refractivity contribution is 5.90. The van der Waals surface area contributed by atoms with Crippen LogP contribution in [0.1, 0.15) is 21.5 Å². The lowest BCUT2D eigenvalue weighted by Gasteiger charge is -2.09. The summed E-state index contributed by atoms with van der Waals surface area (Å²) >= 11 is 0. The van der Waals surface area contributed by atoms with Gasteiger partial charge < -0.3 is 19.7 Å². The molecule has 0 aliphatic heterocycles. The number of benzene rings is 3. The van der Waals surface area contributed by atoms with Crippen LogP contribution in [0.4, 0.5) is 0 Å². The standard InChI is InChI=1S/C22H20O5/c23-21-11-8-17(15-20(21)22(24)25)14-16-6-9-19(10-7-16)27-13-12-26-18-4-2-1-3-5-18/h1-11,15,23H,12-14H2,(H,24,25). The van der Waals surface area contributed by atoms with Crippen LogP contribution >= 0.6 is 0 Å². The van der Waals surface area contributed by atoms with Gasteiger partial charge in [0.1, 0.15) is 36.0 Å². The number of carboxylic acids is 1. The first-order valence-corrected chi connectivity index (χ1v) is 8.56. The van der Waals surface area contributed by atoms with E-state index in [4.69, 9.17) is 14.6 Å². The van der Waals surface area contributed by atoms with Gasteiger partial charge in [-0.3, -0.25) is 0 Å². The summed E-state index contributed by atoms with van der Waals surface area (Å²) < 4.78 is 11.2. The molecule has 3 aromatic rings. The van der Waals surface area contributed by atoms with Crippen molar-refractivity contribution in [2.24, 2.45) is 0 Å². The quantitative estimate of drug-likeness (QED) is 0.588. The molecular formula is C22H20O5. The Balaban J connectivity index is 1.51. The van der Waals surface area contributed by atoms with Crippen molar-refractivity contribution < 1.29 is 24.5 Å². The fourth-order valence-corrected chi connectivity index (χ4v) is 2.64. The molecule has 0 aliphatic rings. The number of hydrogen-bond acceptors (Lipinski definition) is 4. The molecule has 5 nitrogen and oxygen atoms in total. The second-order valence-corrected chi connectivity index (χ2v) is 5.99. The molecule has 0 saturated carbocycles. The normalized spacial score (nSPS) is 10.4. The van der Waals surface area contributed by atoms with E-state index in [0.29, 0.717) is 19.6 Å². The second kappa shape index (κ2) is 8.76. The van der Waals surface area contributed by atoms with Gasteiger partial charge >= 0.3 is 5.97 Å². The van der Waals surface area contributed by atoms with E-state index in [1.165, 1.54) is 12.1 Å². The summed E-state index contributed by atoms with van der Waals surface area (Å²) in [5, 5.41) is 18.7. The van der Waals surface area contributed by atoms with Gasteiger partial charge in [0, 0.05) is 0 Å². The maximum absolute atomic E-state index is 11.1. The molecule has 0 unspecified atom stereocenters. The fourth-order valence-electron chi connectivity index (χ4n) is 2.64. The van der Waals surface area contributed by atoms with Gasteiger partial charge in [-0.15, -0.1) is 0 Å². The summed E-state index contributed by atoms with van der Waals surface area (Å²) in [6.07, 6.45) is 0.567. The van der Waals surface area contributed by atoms with E-state index in [1.54, 1.807) is 6.07 Å². The van der Waals surface area contributed by atoms with Crippen LogP contribution in [0.2, 0.25) is 0 Å². The van der Waals surface area contributed by atoms with E-state index in [-0.39, 0.29) is 11.3 Å². The highest BCUT2D eigenvalue weighted by Gasteiger charge is 2.10. The largest absolute Gasteiger partial charge is 0.507 e. The Labute approximate surface area is 157 Å². The average Bonchev–Trinajstić information content (AvgIpc) is 2.68. The van der Waals surface area contributed by atoms with Crippen LogP contribution in [0.25, 0.3) is 0 Å². The third-order valence-electron chi connectivity index (χ3n) is 3.99. The first-order chi connectivity index (χ1) is 13.1. The van der Waals surface area contributed by atoms with Crippen molar-refractivity contribution >= 4 is 5.97 Å². The minimum Gasteiger partial charge on any atom is -0.507 e. The molecule has 2 N–H and O–H groups in total. The number of carboxylic acid groups (broad SMARTS) is 1. The van der Waals surface area contributed by atoms with E-state index in [9.17, 15) is 9.90 Å². The summed E-state index contributed by atoms with van der Waals surface area (Å²) in [4.78, 5) is 11.1. The molecule has 0 aromatic heterocycles. The first kappa shape index (κ1) is 18.3. The molecule has 138 valence electrons. The van der Waals surface area contributed by atoms with Crippen molar-refractivity contribution in [2.45, 2.75) is 6.42 Å². The number of aromatic carboxylic acids is 1. The number of para-hydroxylation sites is 1. The number of ether oxygens (including phenoxy) is 2. The van der Waals surface area contributed by atoms with Gasteiger partial charge in [-0.05, 0) is 53.9 Å². The van der Waals surface area contributed by atoms with Crippen LogP contribution in [-0.4, -0.2) is 29.4 Å². The zero-order chi connectivity index (χ0) is 19.1. The van der Waals surface area contributed by atoms with Crippen LogP contribution in [0.15, 0.2) is 72.8 Å². The Hall–Kier alpha value is -3.47. The van der Waals surface area contributed by atoms with Crippen molar-refractivity contribution in [3.63, 3.8) is 0 Å². The molecule has 0 atom stereocenters. The number of phenols is 1. The van der Waals surface area contributed by atoms with Crippen LogP contribution in [0, 0.1) is 0 Å². The predicted molar refractivity (Wildman–Crippen MR) is 102 cm³/mol. The predicted octanol–water partition coefficient (Wildman–Crippen LogP) is 4.14. The van der Waals surface area contributed by atoms with Crippen molar-refractivity contribution in [1.82, 2.24) is 0 Å². The number of carbonyl (C=O) groups is 1. The summed E-state index contributed by atoms with van der Waals surface area (Å²) in [6.45, 7) is 0.894. The molecule has 0 aliphatic carbocycles. The lowest BCUT2D eigenvalue weighted by Crippen LogP contribution is -2.08. The number of aromatic hydroxyl groups is 1. The van der Waals surface area contributed by atoms with Gasteiger partial charge in [-0.1, -0.05) is 36.4 Å². The van der Waals surface area contributed by atoms with Crippen LogP contribution in [-0.2, 0) is 6.42 Å².